The van der Waals surface area contributed by atoms with Crippen LogP contribution in [0.4, 0.5) is 0 Å². The number of fused-ring (bicyclic) bond motifs is 1. The van der Waals surface area contributed by atoms with Crippen LogP contribution in [-0.4, -0.2) is 17.7 Å². The SMILES string of the molecule is O=C1NC(Cc2ccc(-c3ccccc3)cc2)C(=O)Cc2ccc(Cl)cc21. The van der Waals surface area contributed by atoms with E-state index in [1.807, 2.05) is 42.5 Å². The van der Waals surface area contributed by atoms with Gasteiger partial charge in [0.15, 0.2) is 5.78 Å². The number of carbonyl (C=O) groups excluding carboxylic acids is 2. The molecule has 1 N–H and O–H groups in total. The predicted octanol–water partition coefficient (Wildman–Crippen LogP) is 4.47. The fourth-order valence-electron chi connectivity index (χ4n) is 3.41. The van der Waals surface area contributed by atoms with Gasteiger partial charge in [-0.3, -0.25) is 9.59 Å². The molecule has 4 heteroatoms. The third-order valence-corrected chi connectivity index (χ3v) is 5.11. The molecule has 0 saturated heterocycles. The molecule has 1 aliphatic rings. The number of carbonyl (C=O) groups is 2. The summed E-state index contributed by atoms with van der Waals surface area (Å²) < 4.78 is 0. The van der Waals surface area contributed by atoms with Crippen LogP contribution in [0.5, 0.6) is 0 Å². The van der Waals surface area contributed by atoms with Crippen LogP contribution in [0.2, 0.25) is 5.02 Å². The first kappa shape index (κ1) is 17.5. The van der Waals surface area contributed by atoms with Gasteiger partial charge in [-0.05, 0) is 40.8 Å². The van der Waals surface area contributed by atoms with Crippen LogP contribution in [-0.2, 0) is 17.6 Å². The molecule has 1 amide bonds. The van der Waals surface area contributed by atoms with Gasteiger partial charge in [0, 0.05) is 17.0 Å². The second-order valence-corrected chi connectivity index (χ2v) is 7.17. The minimum absolute atomic E-state index is 0.0107. The van der Waals surface area contributed by atoms with Gasteiger partial charge in [0.25, 0.3) is 5.91 Å². The normalized spacial score (nSPS) is 16.4. The van der Waals surface area contributed by atoms with Crippen molar-refractivity contribution in [1.82, 2.24) is 5.32 Å². The Kier molecular flexibility index (Phi) is 4.78. The highest BCUT2D eigenvalue weighted by molar-refractivity contribution is 6.31. The van der Waals surface area contributed by atoms with E-state index in [0.29, 0.717) is 17.0 Å². The molecule has 0 aliphatic carbocycles. The Hall–Kier alpha value is -2.91. The number of hydrogen-bond donors (Lipinski definition) is 1. The summed E-state index contributed by atoms with van der Waals surface area (Å²) >= 11 is 6.00. The minimum atomic E-state index is -0.536. The van der Waals surface area contributed by atoms with E-state index in [2.05, 4.69) is 17.4 Å². The largest absolute Gasteiger partial charge is 0.342 e. The summed E-state index contributed by atoms with van der Waals surface area (Å²) in [5.74, 6) is -0.235. The summed E-state index contributed by atoms with van der Waals surface area (Å²) in [4.78, 5) is 25.2. The minimum Gasteiger partial charge on any atom is -0.342 e. The van der Waals surface area contributed by atoms with Gasteiger partial charge in [-0.1, -0.05) is 72.3 Å². The van der Waals surface area contributed by atoms with Crippen molar-refractivity contribution in [3.05, 3.63) is 94.5 Å². The molecule has 3 aromatic rings. The predicted molar refractivity (Wildman–Crippen MR) is 107 cm³/mol. The molecule has 0 saturated carbocycles. The van der Waals surface area contributed by atoms with Gasteiger partial charge < -0.3 is 5.32 Å². The molecular weight excluding hydrogens is 358 g/mol. The third kappa shape index (κ3) is 3.79. The summed E-state index contributed by atoms with van der Waals surface area (Å²) in [5.41, 5.74) is 4.49. The number of amides is 1. The molecule has 1 heterocycles. The molecule has 0 aromatic heterocycles. The first-order valence-corrected chi connectivity index (χ1v) is 9.24. The van der Waals surface area contributed by atoms with E-state index >= 15 is 0 Å². The quantitative estimate of drug-likeness (QED) is 0.734. The molecule has 1 unspecified atom stereocenters. The highest BCUT2D eigenvalue weighted by Crippen LogP contribution is 2.22. The molecule has 3 nitrogen and oxygen atoms in total. The Bertz CT molecular complexity index is 997. The van der Waals surface area contributed by atoms with Crippen LogP contribution < -0.4 is 5.32 Å². The lowest BCUT2D eigenvalue weighted by Gasteiger charge is -2.15. The van der Waals surface area contributed by atoms with E-state index in [-0.39, 0.29) is 18.1 Å². The van der Waals surface area contributed by atoms with Gasteiger partial charge in [0.05, 0.1) is 6.04 Å². The lowest BCUT2D eigenvalue weighted by atomic mass is 9.97. The van der Waals surface area contributed by atoms with Crippen LogP contribution in [0.3, 0.4) is 0 Å². The van der Waals surface area contributed by atoms with Crippen molar-refractivity contribution in [3.8, 4) is 11.1 Å². The Morgan fingerprint density at radius 1 is 0.889 bits per heavy atom. The number of hydrogen-bond acceptors (Lipinski definition) is 2. The van der Waals surface area contributed by atoms with Gasteiger partial charge in [-0.2, -0.15) is 0 Å². The lowest BCUT2D eigenvalue weighted by molar-refractivity contribution is -0.120. The lowest BCUT2D eigenvalue weighted by Crippen LogP contribution is -2.40. The van der Waals surface area contributed by atoms with E-state index in [4.69, 9.17) is 11.6 Å². The van der Waals surface area contributed by atoms with Crippen molar-refractivity contribution in [2.75, 3.05) is 0 Å². The second kappa shape index (κ2) is 7.37. The van der Waals surface area contributed by atoms with E-state index in [9.17, 15) is 9.59 Å². The molecule has 4 rings (SSSR count). The monoisotopic (exact) mass is 375 g/mol. The highest BCUT2D eigenvalue weighted by atomic mass is 35.5. The molecule has 0 bridgehead atoms. The fraction of sp³-hybridized carbons (Fsp3) is 0.130. The van der Waals surface area contributed by atoms with Crippen LogP contribution in [0.15, 0.2) is 72.8 Å². The van der Waals surface area contributed by atoms with E-state index < -0.39 is 6.04 Å². The molecule has 3 aromatic carbocycles. The van der Waals surface area contributed by atoms with Crippen LogP contribution in [0.1, 0.15) is 21.5 Å². The van der Waals surface area contributed by atoms with Gasteiger partial charge in [0.2, 0.25) is 0 Å². The molecule has 0 fully saturated rings. The molecule has 134 valence electrons. The molecule has 1 aliphatic heterocycles. The zero-order valence-corrected chi connectivity index (χ0v) is 15.4. The number of rotatable bonds is 3. The molecule has 0 spiro atoms. The summed E-state index contributed by atoms with van der Waals surface area (Å²) in [7, 11) is 0. The maximum Gasteiger partial charge on any atom is 0.252 e. The second-order valence-electron chi connectivity index (χ2n) is 6.74. The standard InChI is InChI=1S/C23H18ClNO2/c24-19-11-10-18-13-22(26)21(25-23(27)20(18)14-19)12-15-6-8-17(9-7-15)16-4-2-1-3-5-16/h1-11,14,21H,12-13H2,(H,25,27). The Morgan fingerprint density at radius 3 is 2.33 bits per heavy atom. The van der Waals surface area contributed by atoms with Crippen LogP contribution in [0.25, 0.3) is 11.1 Å². The van der Waals surface area contributed by atoms with Crippen molar-refractivity contribution in [3.63, 3.8) is 0 Å². The van der Waals surface area contributed by atoms with Crippen molar-refractivity contribution < 1.29 is 9.59 Å². The zero-order chi connectivity index (χ0) is 18.8. The van der Waals surface area contributed by atoms with Crippen molar-refractivity contribution in [1.29, 1.82) is 0 Å². The summed E-state index contributed by atoms with van der Waals surface area (Å²) in [5, 5.41) is 3.35. The van der Waals surface area contributed by atoms with E-state index in [1.54, 1.807) is 18.2 Å². The zero-order valence-electron chi connectivity index (χ0n) is 14.6. The molecule has 1 atom stereocenters. The topological polar surface area (TPSA) is 46.2 Å². The van der Waals surface area contributed by atoms with Crippen molar-refractivity contribution >= 4 is 23.3 Å². The third-order valence-electron chi connectivity index (χ3n) is 4.88. The Balaban J connectivity index is 1.53. The maximum absolute atomic E-state index is 12.7. The molecular formula is C23H18ClNO2. The Labute approximate surface area is 163 Å². The smallest absolute Gasteiger partial charge is 0.252 e. The van der Waals surface area contributed by atoms with E-state index in [1.165, 1.54) is 0 Å². The summed E-state index contributed by atoms with van der Waals surface area (Å²) in [6.07, 6.45) is 0.708. The van der Waals surface area contributed by atoms with Gasteiger partial charge in [-0.25, -0.2) is 0 Å². The maximum atomic E-state index is 12.7. The molecule has 0 radical (unpaired) electrons. The van der Waals surface area contributed by atoms with Crippen molar-refractivity contribution in [2.45, 2.75) is 18.9 Å². The number of Topliss-reactive ketones (excluding diaryl/α,β-unsaturated/α-hetero) is 1. The fourth-order valence-corrected chi connectivity index (χ4v) is 3.58. The first-order valence-electron chi connectivity index (χ1n) is 8.86. The van der Waals surface area contributed by atoms with Crippen LogP contribution in [0, 0.1) is 0 Å². The Morgan fingerprint density at radius 2 is 1.59 bits per heavy atom. The van der Waals surface area contributed by atoms with Crippen molar-refractivity contribution in [2.24, 2.45) is 0 Å². The van der Waals surface area contributed by atoms with Crippen LogP contribution >= 0.6 is 11.6 Å². The van der Waals surface area contributed by atoms with Gasteiger partial charge in [-0.15, -0.1) is 0 Å². The number of ketones is 1. The van der Waals surface area contributed by atoms with Gasteiger partial charge >= 0.3 is 0 Å². The number of benzene rings is 3. The number of halogens is 1. The van der Waals surface area contributed by atoms with Gasteiger partial charge in [0.1, 0.15) is 0 Å². The number of nitrogens with one attached hydrogen (secondary N) is 1. The highest BCUT2D eigenvalue weighted by Gasteiger charge is 2.28. The van der Waals surface area contributed by atoms with E-state index in [0.717, 1.165) is 22.3 Å². The first-order chi connectivity index (χ1) is 13.1. The average molecular weight is 376 g/mol. The molecule has 27 heavy (non-hydrogen) atoms. The average Bonchev–Trinajstić information content (AvgIpc) is 2.80. The summed E-state index contributed by atoms with van der Waals surface area (Å²) in [6, 6.07) is 22.8. The summed E-state index contributed by atoms with van der Waals surface area (Å²) in [6.45, 7) is 0.